The van der Waals surface area contributed by atoms with E-state index >= 15 is 0 Å². The molecule has 1 heterocycles. The third-order valence-electron chi connectivity index (χ3n) is 2.44. The zero-order valence-electron chi connectivity index (χ0n) is 7.95. The van der Waals surface area contributed by atoms with Gasteiger partial charge in [0, 0.05) is 12.6 Å². The van der Waals surface area contributed by atoms with Gasteiger partial charge in [0.1, 0.15) is 0 Å². The van der Waals surface area contributed by atoms with Gasteiger partial charge in [-0.1, -0.05) is 13.8 Å². The van der Waals surface area contributed by atoms with Crippen LogP contribution in [0, 0.1) is 5.92 Å². The summed E-state index contributed by atoms with van der Waals surface area (Å²) in [4.78, 5) is 0. The summed E-state index contributed by atoms with van der Waals surface area (Å²) >= 11 is 0. The van der Waals surface area contributed by atoms with E-state index in [2.05, 4.69) is 13.8 Å². The lowest BCUT2D eigenvalue weighted by atomic mass is 10.0. The topological polar surface area (TPSA) is 37.4 Å². The van der Waals surface area contributed by atoms with E-state index in [0.717, 1.165) is 12.8 Å². The van der Waals surface area contributed by atoms with Crippen LogP contribution >= 0.6 is 0 Å². The average Bonchev–Trinajstić information content (AvgIpc) is 2.30. The fourth-order valence-electron chi connectivity index (χ4n) is 1.84. The molecule has 0 aromatic carbocycles. The van der Waals surface area contributed by atoms with Crippen LogP contribution in [0.4, 0.5) is 0 Å². The molecular formula is C8H17NO2S. The van der Waals surface area contributed by atoms with Crippen LogP contribution in [0.2, 0.25) is 0 Å². The summed E-state index contributed by atoms with van der Waals surface area (Å²) in [6, 6.07) is 0.236. The molecule has 0 spiro atoms. The molecule has 0 saturated carbocycles. The van der Waals surface area contributed by atoms with Crippen molar-refractivity contribution in [1.82, 2.24) is 4.31 Å². The van der Waals surface area contributed by atoms with Crippen molar-refractivity contribution < 1.29 is 8.42 Å². The fraction of sp³-hybridized carbons (Fsp3) is 1.00. The normalized spacial score (nSPS) is 26.8. The molecular weight excluding hydrogens is 174 g/mol. The Morgan fingerprint density at radius 3 is 2.33 bits per heavy atom. The number of hydrogen-bond acceptors (Lipinski definition) is 2. The predicted molar refractivity (Wildman–Crippen MR) is 49.4 cm³/mol. The van der Waals surface area contributed by atoms with Crippen molar-refractivity contribution in [3.8, 4) is 0 Å². The maximum Gasteiger partial charge on any atom is 0.211 e. The molecule has 72 valence electrons. The minimum Gasteiger partial charge on any atom is -0.212 e. The molecule has 1 atom stereocenters. The van der Waals surface area contributed by atoms with Crippen LogP contribution in [0.3, 0.4) is 0 Å². The molecule has 0 aromatic rings. The third kappa shape index (κ3) is 1.98. The second-order valence-electron chi connectivity index (χ2n) is 3.83. The monoisotopic (exact) mass is 191 g/mol. The minimum absolute atomic E-state index is 0.236. The van der Waals surface area contributed by atoms with Gasteiger partial charge < -0.3 is 0 Å². The van der Waals surface area contributed by atoms with Gasteiger partial charge in [0.05, 0.1) is 6.26 Å². The van der Waals surface area contributed by atoms with Gasteiger partial charge in [0.2, 0.25) is 10.0 Å². The maximum atomic E-state index is 11.3. The first kappa shape index (κ1) is 9.99. The average molecular weight is 191 g/mol. The zero-order chi connectivity index (χ0) is 9.35. The number of rotatable bonds is 2. The van der Waals surface area contributed by atoms with Crippen LogP contribution in [-0.4, -0.2) is 31.6 Å². The highest BCUT2D eigenvalue weighted by atomic mass is 32.2. The molecule has 0 bridgehead atoms. The van der Waals surface area contributed by atoms with E-state index < -0.39 is 10.0 Å². The Balaban J connectivity index is 2.78. The van der Waals surface area contributed by atoms with Crippen molar-refractivity contribution >= 4 is 10.0 Å². The van der Waals surface area contributed by atoms with Gasteiger partial charge in [0.15, 0.2) is 0 Å². The molecule has 0 aliphatic carbocycles. The third-order valence-corrected chi connectivity index (χ3v) is 3.75. The molecule has 0 unspecified atom stereocenters. The predicted octanol–water partition coefficient (Wildman–Crippen LogP) is 1.07. The van der Waals surface area contributed by atoms with Gasteiger partial charge in [-0.15, -0.1) is 0 Å². The van der Waals surface area contributed by atoms with E-state index in [1.807, 2.05) is 0 Å². The zero-order valence-corrected chi connectivity index (χ0v) is 8.76. The van der Waals surface area contributed by atoms with Crippen molar-refractivity contribution in [1.29, 1.82) is 0 Å². The Bertz CT molecular complexity index is 246. The summed E-state index contributed by atoms with van der Waals surface area (Å²) in [6.45, 7) is 4.87. The highest BCUT2D eigenvalue weighted by Crippen LogP contribution is 2.25. The van der Waals surface area contributed by atoms with Crippen molar-refractivity contribution in [3.05, 3.63) is 0 Å². The summed E-state index contributed by atoms with van der Waals surface area (Å²) in [6.07, 6.45) is 3.33. The smallest absolute Gasteiger partial charge is 0.211 e. The van der Waals surface area contributed by atoms with Crippen molar-refractivity contribution in [3.63, 3.8) is 0 Å². The Kier molecular flexibility index (Phi) is 2.78. The maximum absolute atomic E-state index is 11.3. The van der Waals surface area contributed by atoms with E-state index in [1.165, 1.54) is 6.26 Å². The molecule has 0 aromatic heterocycles. The van der Waals surface area contributed by atoms with Gasteiger partial charge in [-0.25, -0.2) is 8.42 Å². The van der Waals surface area contributed by atoms with Crippen LogP contribution < -0.4 is 0 Å². The summed E-state index contributed by atoms with van der Waals surface area (Å²) < 4.78 is 24.2. The van der Waals surface area contributed by atoms with E-state index in [4.69, 9.17) is 0 Å². The number of sulfonamides is 1. The quantitative estimate of drug-likeness (QED) is 0.654. The van der Waals surface area contributed by atoms with Gasteiger partial charge in [-0.3, -0.25) is 0 Å². The second-order valence-corrected chi connectivity index (χ2v) is 5.76. The fourth-order valence-corrected chi connectivity index (χ4v) is 3.15. The number of hydrogen-bond donors (Lipinski definition) is 0. The standard InChI is InChI=1S/C8H17NO2S/c1-7(2)8-5-4-6-9(8)12(3,10)11/h7-8H,4-6H2,1-3H3/t8-/m0/s1. The Hall–Kier alpha value is -0.0900. The summed E-state index contributed by atoms with van der Waals surface area (Å²) in [5.74, 6) is 0.433. The molecule has 1 fully saturated rings. The number of nitrogens with zero attached hydrogens (tertiary/aromatic N) is 1. The molecule has 12 heavy (non-hydrogen) atoms. The molecule has 1 aliphatic rings. The highest BCUT2D eigenvalue weighted by Gasteiger charge is 2.32. The van der Waals surface area contributed by atoms with Crippen LogP contribution in [0.1, 0.15) is 26.7 Å². The lowest BCUT2D eigenvalue weighted by Crippen LogP contribution is -2.37. The molecule has 3 nitrogen and oxygen atoms in total. The van der Waals surface area contributed by atoms with Crippen LogP contribution in [0.15, 0.2) is 0 Å². The van der Waals surface area contributed by atoms with Crippen LogP contribution in [0.25, 0.3) is 0 Å². The van der Waals surface area contributed by atoms with E-state index in [1.54, 1.807) is 4.31 Å². The molecule has 1 rings (SSSR count). The lowest BCUT2D eigenvalue weighted by molar-refractivity contribution is 0.317. The lowest BCUT2D eigenvalue weighted by Gasteiger charge is -2.24. The molecule has 0 radical (unpaired) electrons. The first-order valence-corrected chi connectivity index (χ1v) is 6.24. The van der Waals surface area contributed by atoms with Crippen molar-refractivity contribution in [2.75, 3.05) is 12.8 Å². The first-order chi connectivity index (χ1) is 5.43. The molecule has 1 aliphatic heterocycles. The van der Waals surface area contributed by atoms with Gasteiger partial charge >= 0.3 is 0 Å². The molecule has 0 amide bonds. The van der Waals surface area contributed by atoms with Crippen LogP contribution in [0.5, 0.6) is 0 Å². The second kappa shape index (κ2) is 3.34. The summed E-state index contributed by atoms with van der Waals surface area (Å²) in [5, 5.41) is 0. The SMILES string of the molecule is CC(C)[C@@H]1CCCN1S(C)(=O)=O. The van der Waals surface area contributed by atoms with Crippen molar-refractivity contribution in [2.24, 2.45) is 5.92 Å². The summed E-state index contributed by atoms with van der Waals surface area (Å²) in [7, 11) is -2.96. The van der Waals surface area contributed by atoms with Crippen LogP contribution in [-0.2, 0) is 10.0 Å². The van der Waals surface area contributed by atoms with Gasteiger partial charge in [0.25, 0.3) is 0 Å². The minimum atomic E-state index is -2.96. The first-order valence-electron chi connectivity index (χ1n) is 4.39. The Labute approximate surface area is 74.8 Å². The van der Waals surface area contributed by atoms with E-state index in [-0.39, 0.29) is 6.04 Å². The summed E-state index contributed by atoms with van der Waals surface area (Å²) in [5.41, 5.74) is 0. The highest BCUT2D eigenvalue weighted by molar-refractivity contribution is 7.88. The van der Waals surface area contributed by atoms with E-state index in [9.17, 15) is 8.42 Å². The van der Waals surface area contributed by atoms with Gasteiger partial charge in [-0.05, 0) is 18.8 Å². The molecule has 1 saturated heterocycles. The van der Waals surface area contributed by atoms with Gasteiger partial charge in [-0.2, -0.15) is 4.31 Å². The Morgan fingerprint density at radius 1 is 1.42 bits per heavy atom. The van der Waals surface area contributed by atoms with E-state index in [0.29, 0.717) is 12.5 Å². The molecule has 0 N–H and O–H groups in total. The Morgan fingerprint density at radius 2 is 2.00 bits per heavy atom. The largest absolute Gasteiger partial charge is 0.212 e. The van der Waals surface area contributed by atoms with Crippen molar-refractivity contribution in [2.45, 2.75) is 32.7 Å². The molecule has 4 heteroatoms.